The number of nitrogens with one attached hydrogen (secondary N) is 1. The van der Waals surface area contributed by atoms with Crippen LogP contribution in [0, 0.1) is 12.7 Å². The molecule has 102 valence electrons. The SMILES string of the molecule is Cc1cc(C(=O)N[C@@H](CC(=O)O)C(=O)O)ccc1F. The summed E-state index contributed by atoms with van der Waals surface area (Å²) in [5.74, 6) is -4.05. The molecule has 0 saturated heterocycles. The average Bonchev–Trinajstić information content (AvgIpc) is 2.31. The summed E-state index contributed by atoms with van der Waals surface area (Å²) in [6, 6.07) is 1.99. The zero-order chi connectivity index (χ0) is 14.6. The van der Waals surface area contributed by atoms with Gasteiger partial charge in [0.2, 0.25) is 0 Å². The maximum absolute atomic E-state index is 13.0. The van der Waals surface area contributed by atoms with Crippen molar-refractivity contribution in [2.24, 2.45) is 0 Å². The van der Waals surface area contributed by atoms with Crippen LogP contribution in [0.1, 0.15) is 22.3 Å². The Morgan fingerprint density at radius 1 is 1.32 bits per heavy atom. The largest absolute Gasteiger partial charge is 0.481 e. The van der Waals surface area contributed by atoms with Crippen LogP contribution in [0.15, 0.2) is 18.2 Å². The molecule has 1 aromatic carbocycles. The minimum absolute atomic E-state index is 0.0653. The second-order valence-electron chi connectivity index (χ2n) is 3.93. The van der Waals surface area contributed by atoms with Crippen LogP contribution in [0.4, 0.5) is 4.39 Å². The van der Waals surface area contributed by atoms with E-state index in [2.05, 4.69) is 5.32 Å². The summed E-state index contributed by atoms with van der Waals surface area (Å²) in [4.78, 5) is 33.0. The second-order valence-corrected chi connectivity index (χ2v) is 3.93. The first-order valence-corrected chi connectivity index (χ1v) is 5.33. The molecule has 1 rings (SSSR count). The number of carbonyl (C=O) groups excluding carboxylic acids is 1. The van der Waals surface area contributed by atoms with Crippen molar-refractivity contribution in [1.29, 1.82) is 0 Å². The quantitative estimate of drug-likeness (QED) is 0.733. The zero-order valence-electron chi connectivity index (χ0n) is 10.0. The number of aliphatic carboxylic acids is 2. The van der Waals surface area contributed by atoms with Crippen LogP contribution in [0.2, 0.25) is 0 Å². The molecule has 0 aromatic heterocycles. The van der Waals surface area contributed by atoms with Crippen molar-refractivity contribution in [2.75, 3.05) is 0 Å². The fourth-order valence-electron chi connectivity index (χ4n) is 1.40. The lowest BCUT2D eigenvalue weighted by Gasteiger charge is -2.12. The summed E-state index contributed by atoms with van der Waals surface area (Å²) in [6.45, 7) is 1.46. The highest BCUT2D eigenvalue weighted by molar-refractivity contribution is 5.97. The molecule has 0 saturated carbocycles. The molecule has 0 aliphatic rings. The van der Waals surface area contributed by atoms with Gasteiger partial charge in [-0.25, -0.2) is 9.18 Å². The number of benzene rings is 1. The van der Waals surface area contributed by atoms with E-state index in [9.17, 15) is 18.8 Å². The number of hydrogen-bond donors (Lipinski definition) is 3. The summed E-state index contributed by atoms with van der Waals surface area (Å²) in [6.07, 6.45) is -0.735. The third-order valence-corrected chi connectivity index (χ3v) is 2.40. The van der Waals surface area contributed by atoms with Crippen LogP contribution in [-0.4, -0.2) is 34.1 Å². The molecule has 0 heterocycles. The Hall–Kier alpha value is -2.44. The molecule has 3 N–H and O–H groups in total. The van der Waals surface area contributed by atoms with Gasteiger partial charge in [0.1, 0.15) is 11.9 Å². The lowest BCUT2D eigenvalue weighted by Crippen LogP contribution is -2.42. The highest BCUT2D eigenvalue weighted by Crippen LogP contribution is 2.09. The van der Waals surface area contributed by atoms with Crippen molar-refractivity contribution in [2.45, 2.75) is 19.4 Å². The molecule has 1 aromatic rings. The van der Waals surface area contributed by atoms with Gasteiger partial charge in [0, 0.05) is 5.56 Å². The van der Waals surface area contributed by atoms with Gasteiger partial charge in [0.15, 0.2) is 0 Å². The predicted molar refractivity (Wildman–Crippen MR) is 62.3 cm³/mol. The minimum Gasteiger partial charge on any atom is -0.481 e. The number of carbonyl (C=O) groups is 3. The van der Waals surface area contributed by atoms with Crippen LogP contribution in [-0.2, 0) is 9.59 Å². The molecule has 0 aliphatic carbocycles. The van der Waals surface area contributed by atoms with Gasteiger partial charge in [0.25, 0.3) is 5.91 Å². The van der Waals surface area contributed by atoms with Gasteiger partial charge in [-0.05, 0) is 30.7 Å². The van der Waals surface area contributed by atoms with Gasteiger partial charge in [-0.1, -0.05) is 0 Å². The monoisotopic (exact) mass is 269 g/mol. The number of carboxylic acids is 2. The Labute approximate surface area is 107 Å². The third kappa shape index (κ3) is 4.06. The Bertz CT molecular complexity index is 529. The molecule has 1 amide bonds. The van der Waals surface area contributed by atoms with Gasteiger partial charge in [-0.2, -0.15) is 0 Å². The number of halogens is 1. The Morgan fingerprint density at radius 3 is 2.42 bits per heavy atom. The summed E-state index contributed by atoms with van der Waals surface area (Å²) >= 11 is 0. The molecule has 0 aliphatic heterocycles. The lowest BCUT2D eigenvalue weighted by atomic mass is 10.1. The average molecular weight is 269 g/mol. The van der Waals surface area contributed by atoms with Crippen molar-refractivity contribution in [3.63, 3.8) is 0 Å². The first-order valence-electron chi connectivity index (χ1n) is 5.33. The van der Waals surface area contributed by atoms with Crippen molar-refractivity contribution in [3.8, 4) is 0 Å². The standard InChI is InChI=1S/C12H12FNO5/c1-6-4-7(2-3-8(6)13)11(17)14-9(12(18)19)5-10(15)16/h2-4,9H,5H2,1H3,(H,14,17)(H,15,16)(H,18,19)/t9-/m0/s1. The van der Waals surface area contributed by atoms with Crippen LogP contribution in [0.5, 0.6) is 0 Å². The topological polar surface area (TPSA) is 104 Å². The molecule has 0 unspecified atom stereocenters. The number of aryl methyl sites for hydroxylation is 1. The van der Waals surface area contributed by atoms with Crippen LogP contribution in [0.25, 0.3) is 0 Å². The summed E-state index contributed by atoms with van der Waals surface area (Å²) in [5, 5.41) is 19.4. The highest BCUT2D eigenvalue weighted by Gasteiger charge is 2.23. The van der Waals surface area contributed by atoms with E-state index in [1.54, 1.807) is 0 Å². The van der Waals surface area contributed by atoms with Gasteiger partial charge in [-0.15, -0.1) is 0 Å². The normalized spacial score (nSPS) is 11.7. The van der Waals surface area contributed by atoms with Crippen LogP contribution >= 0.6 is 0 Å². The molecular formula is C12H12FNO5. The van der Waals surface area contributed by atoms with Crippen LogP contribution < -0.4 is 5.32 Å². The minimum atomic E-state index is -1.53. The van der Waals surface area contributed by atoms with E-state index in [0.29, 0.717) is 0 Å². The maximum atomic E-state index is 13.0. The predicted octanol–water partition coefficient (Wildman–Crippen LogP) is 0.792. The van der Waals surface area contributed by atoms with E-state index in [4.69, 9.17) is 10.2 Å². The fourth-order valence-corrected chi connectivity index (χ4v) is 1.40. The summed E-state index contributed by atoms with van der Waals surface area (Å²) < 4.78 is 13.0. The van der Waals surface area contributed by atoms with E-state index < -0.39 is 36.1 Å². The molecule has 6 nitrogen and oxygen atoms in total. The van der Waals surface area contributed by atoms with Crippen molar-refractivity contribution in [1.82, 2.24) is 5.32 Å². The molecule has 1 atom stereocenters. The molecule has 0 fully saturated rings. The van der Waals surface area contributed by atoms with Crippen molar-refractivity contribution in [3.05, 3.63) is 35.1 Å². The Morgan fingerprint density at radius 2 is 1.95 bits per heavy atom. The first kappa shape index (κ1) is 14.6. The Balaban J connectivity index is 2.84. The molecule has 0 spiro atoms. The highest BCUT2D eigenvalue weighted by atomic mass is 19.1. The molecule has 7 heteroatoms. The number of rotatable bonds is 5. The number of amides is 1. The van der Waals surface area contributed by atoms with E-state index in [-0.39, 0.29) is 11.1 Å². The second kappa shape index (κ2) is 5.94. The van der Waals surface area contributed by atoms with E-state index in [1.165, 1.54) is 19.1 Å². The maximum Gasteiger partial charge on any atom is 0.326 e. The van der Waals surface area contributed by atoms with Crippen molar-refractivity contribution < 1.29 is 29.0 Å². The van der Waals surface area contributed by atoms with Crippen LogP contribution in [0.3, 0.4) is 0 Å². The fraction of sp³-hybridized carbons (Fsp3) is 0.250. The molecule has 0 bridgehead atoms. The zero-order valence-corrected chi connectivity index (χ0v) is 10.0. The van der Waals surface area contributed by atoms with Gasteiger partial charge in [0.05, 0.1) is 6.42 Å². The van der Waals surface area contributed by atoms with E-state index in [1.807, 2.05) is 0 Å². The van der Waals surface area contributed by atoms with Gasteiger partial charge in [-0.3, -0.25) is 9.59 Å². The molecular weight excluding hydrogens is 257 g/mol. The van der Waals surface area contributed by atoms with E-state index in [0.717, 1.165) is 6.07 Å². The number of carboxylic acid groups (broad SMARTS) is 2. The van der Waals surface area contributed by atoms with Crippen molar-refractivity contribution >= 4 is 17.8 Å². The summed E-state index contributed by atoms with van der Waals surface area (Å²) in [5.41, 5.74) is 0.299. The smallest absolute Gasteiger partial charge is 0.326 e. The molecule has 0 radical (unpaired) electrons. The Kier molecular flexibility index (Phi) is 4.57. The summed E-state index contributed by atoms with van der Waals surface area (Å²) in [7, 11) is 0. The number of hydrogen-bond acceptors (Lipinski definition) is 3. The third-order valence-electron chi connectivity index (χ3n) is 2.40. The lowest BCUT2D eigenvalue weighted by molar-refractivity contribution is -0.145. The van der Waals surface area contributed by atoms with Gasteiger partial charge < -0.3 is 15.5 Å². The van der Waals surface area contributed by atoms with E-state index >= 15 is 0 Å². The first-order chi connectivity index (χ1) is 8.81. The van der Waals surface area contributed by atoms with Gasteiger partial charge >= 0.3 is 11.9 Å². The molecule has 19 heavy (non-hydrogen) atoms.